The summed E-state index contributed by atoms with van der Waals surface area (Å²) in [6, 6.07) is 12.5. The summed E-state index contributed by atoms with van der Waals surface area (Å²) in [7, 11) is 0. The maximum absolute atomic E-state index is 12.8. The SMILES string of the molecule is CCOc1ccc(N2C(=O)C(Cl)=C(Nc3cc(C)cc(C)c3)C2=O)cc1. The van der Waals surface area contributed by atoms with E-state index in [0.717, 1.165) is 16.0 Å². The van der Waals surface area contributed by atoms with E-state index in [1.807, 2.05) is 39.0 Å². The molecule has 0 spiro atoms. The van der Waals surface area contributed by atoms with Crippen molar-refractivity contribution >= 4 is 34.8 Å². The number of nitrogens with one attached hydrogen (secondary N) is 1. The average molecular weight is 371 g/mol. The largest absolute Gasteiger partial charge is 0.494 e. The molecule has 2 aromatic carbocycles. The second-order valence-corrected chi connectivity index (χ2v) is 6.44. The van der Waals surface area contributed by atoms with E-state index in [9.17, 15) is 9.59 Å². The Balaban J connectivity index is 1.87. The van der Waals surface area contributed by atoms with E-state index in [2.05, 4.69) is 5.32 Å². The Kier molecular flexibility index (Phi) is 5.00. The highest BCUT2D eigenvalue weighted by molar-refractivity contribution is 6.53. The fourth-order valence-corrected chi connectivity index (χ4v) is 3.11. The normalized spacial score (nSPS) is 14.2. The minimum Gasteiger partial charge on any atom is -0.494 e. The molecule has 6 heteroatoms. The second kappa shape index (κ2) is 7.22. The number of halogens is 1. The summed E-state index contributed by atoms with van der Waals surface area (Å²) in [5, 5.41) is 2.87. The molecule has 1 aliphatic rings. The van der Waals surface area contributed by atoms with Crippen LogP contribution >= 0.6 is 11.6 Å². The number of carbonyl (C=O) groups excluding carboxylic acids is 2. The van der Waals surface area contributed by atoms with Gasteiger partial charge in [-0.1, -0.05) is 17.7 Å². The molecule has 1 heterocycles. The number of aryl methyl sites for hydroxylation is 2. The molecular weight excluding hydrogens is 352 g/mol. The van der Waals surface area contributed by atoms with Crippen molar-refractivity contribution in [3.63, 3.8) is 0 Å². The van der Waals surface area contributed by atoms with Crippen molar-refractivity contribution in [2.45, 2.75) is 20.8 Å². The van der Waals surface area contributed by atoms with Crippen LogP contribution in [0.3, 0.4) is 0 Å². The van der Waals surface area contributed by atoms with Crippen molar-refractivity contribution in [2.75, 3.05) is 16.8 Å². The first-order valence-corrected chi connectivity index (χ1v) is 8.65. The lowest BCUT2D eigenvalue weighted by molar-refractivity contribution is -0.120. The summed E-state index contributed by atoms with van der Waals surface area (Å²) in [5.74, 6) is -0.362. The van der Waals surface area contributed by atoms with Crippen molar-refractivity contribution < 1.29 is 14.3 Å². The molecule has 0 saturated carbocycles. The number of benzene rings is 2. The summed E-state index contributed by atoms with van der Waals surface area (Å²) >= 11 is 6.16. The van der Waals surface area contributed by atoms with Crippen LogP contribution in [-0.4, -0.2) is 18.4 Å². The van der Waals surface area contributed by atoms with Gasteiger partial charge in [0.2, 0.25) is 0 Å². The van der Waals surface area contributed by atoms with Crippen LogP contribution in [0.5, 0.6) is 5.75 Å². The molecule has 1 N–H and O–H groups in total. The molecule has 0 aromatic heterocycles. The van der Waals surface area contributed by atoms with Crippen molar-refractivity contribution in [1.29, 1.82) is 0 Å². The third-order valence-electron chi connectivity index (χ3n) is 3.92. The number of carbonyl (C=O) groups is 2. The number of anilines is 2. The third kappa shape index (κ3) is 3.44. The third-order valence-corrected chi connectivity index (χ3v) is 4.27. The maximum atomic E-state index is 12.8. The van der Waals surface area contributed by atoms with Crippen LogP contribution in [0.4, 0.5) is 11.4 Å². The molecule has 0 saturated heterocycles. The number of amides is 2. The molecule has 134 valence electrons. The van der Waals surface area contributed by atoms with E-state index in [4.69, 9.17) is 16.3 Å². The lowest BCUT2D eigenvalue weighted by Crippen LogP contribution is -2.32. The van der Waals surface area contributed by atoms with Crippen LogP contribution in [0.15, 0.2) is 53.2 Å². The molecule has 0 unspecified atom stereocenters. The number of ether oxygens (including phenoxy) is 1. The number of nitrogens with zero attached hydrogens (tertiary/aromatic N) is 1. The highest BCUT2D eigenvalue weighted by Gasteiger charge is 2.38. The summed E-state index contributed by atoms with van der Waals surface area (Å²) in [6.07, 6.45) is 0. The summed E-state index contributed by atoms with van der Waals surface area (Å²) in [4.78, 5) is 26.3. The monoisotopic (exact) mass is 370 g/mol. The van der Waals surface area contributed by atoms with E-state index >= 15 is 0 Å². The molecule has 26 heavy (non-hydrogen) atoms. The fourth-order valence-electron chi connectivity index (χ4n) is 2.90. The van der Waals surface area contributed by atoms with Gasteiger partial charge in [0.1, 0.15) is 16.5 Å². The van der Waals surface area contributed by atoms with Gasteiger partial charge in [0.05, 0.1) is 12.3 Å². The maximum Gasteiger partial charge on any atom is 0.283 e. The molecule has 0 fully saturated rings. The topological polar surface area (TPSA) is 58.6 Å². The minimum absolute atomic E-state index is 0.0792. The molecular formula is C20H19ClN2O3. The zero-order valence-electron chi connectivity index (χ0n) is 14.8. The second-order valence-electron chi connectivity index (χ2n) is 6.06. The zero-order valence-corrected chi connectivity index (χ0v) is 15.6. The van der Waals surface area contributed by atoms with Gasteiger partial charge in [-0.15, -0.1) is 0 Å². The standard InChI is InChI=1S/C20H19ClN2O3/c1-4-26-16-7-5-15(6-8-16)23-19(24)17(21)18(20(23)25)22-14-10-12(2)9-13(3)11-14/h5-11,22H,4H2,1-3H3. The van der Waals surface area contributed by atoms with Gasteiger partial charge >= 0.3 is 0 Å². The Hall–Kier alpha value is -2.79. The van der Waals surface area contributed by atoms with Gasteiger partial charge in [0.15, 0.2) is 0 Å². The van der Waals surface area contributed by atoms with E-state index < -0.39 is 11.8 Å². The lowest BCUT2D eigenvalue weighted by atomic mass is 10.1. The van der Waals surface area contributed by atoms with Gasteiger partial charge in [0.25, 0.3) is 11.8 Å². The van der Waals surface area contributed by atoms with Gasteiger partial charge in [-0.3, -0.25) is 9.59 Å². The number of hydrogen-bond donors (Lipinski definition) is 1. The molecule has 0 aliphatic carbocycles. The fraction of sp³-hybridized carbons (Fsp3) is 0.200. The van der Waals surface area contributed by atoms with Crippen LogP contribution in [0.25, 0.3) is 0 Å². The first-order valence-electron chi connectivity index (χ1n) is 8.27. The van der Waals surface area contributed by atoms with E-state index in [1.165, 1.54) is 0 Å². The molecule has 2 aromatic rings. The highest BCUT2D eigenvalue weighted by atomic mass is 35.5. The number of hydrogen-bond acceptors (Lipinski definition) is 4. The molecule has 0 radical (unpaired) electrons. The van der Waals surface area contributed by atoms with Crippen LogP contribution in [0.2, 0.25) is 0 Å². The highest BCUT2D eigenvalue weighted by Crippen LogP contribution is 2.31. The van der Waals surface area contributed by atoms with Crippen molar-refractivity contribution in [3.8, 4) is 5.75 Å². The van der Waals surface area contributed by atoms with Crippen LogP contribution in [0.1, 0.15) is 18.1 Å². The predicted octanol–water partition coefficient (Wildman–Crippen LogP) is 4.14. The van der Waals surface area contributed by atoms with Crippen LogP contribution in [-0.2, 0) is 9.59 Å². The first-order chi connectivity index (χ1) is 12.4. The predicted molar refractivity (Wildman–Crippen MR) is 103 cm³/mol. The average Bonchev–Trinajstić information content (AvgIpc) is 2.79. The molecule has 5 nitrogen and oxygen atoms in total. The number of imide groups is 1. The van der Waals surface area contributed by atoms with Gasteiger partial charge in [-0.25, -0.2) is 4.90 Å². The molecule has 3 rings (SSSR count). The quantitative estimate of drug-likeness (QED) is 0.804. The summed E-state index contributed by atoms with van der Waals surface area (Å²) < 4.78 is 5.38. The Morgan fingerprint density at radius 3 is 2.19 bits per heavy atom. The molecule has 1 aliphatic heterocycles. The van der Waals surface area contributed by atoms with Crippen LogP contribution < -0.4 is 15.0 Å². The molecule has 0 atom stereocenters. The van der Waals surface area contributed by atoms with E-state index in [-0.39, 0.29) is 10.7 Å². The van der Waals surface area contributed by atoms with Crippen molar-refractivity contribution in [2.24, 2.45) is 0 Å². The first kappa shape index (κ1) is 18.0. The van der Waals surface area contributed by atoms with Crippen molar-refractivity contribution in [1.82, 2.24) is 0 Å². The van der Waals surface area contributed by atoms with Gasteiger partial charge in [0, 0.05) is 5.69 Å². The summed E-state index contributed by atoms with van der Waals surface area (Å²) in [6.45, 7) is 6.35. The van der Waals surface area contributed by atoms with Gasteiger partial charge in [-0.05, 0) is 68.3 Å². The van der Waals surface area contributed by atoms with E-state index in [1.54, 1.807) is 24.3 Å². The Morgan fingerprint density at radius 2 is 1.62 bits per heavy atom. The van der Waals surface area contributed by atoms with Crippen molar-refractivity contribution in [3.05, 3.63) is 64.3 Å². The summed E-state index contributed by atoms with van der Waals surface area (Å²) in [5.41, 5.74) is 3.33. The van der Waals surface area contributed by atoms with Crippen LogP contribution in [0, 0.1) is 13.8 Å². The van der Waals surface area contributed by atoms with Gasteiger partial charge in [-0.2, -0.15) is 0 Å². The Morgan fingerprint density at radius 1 is 1.00 bits per heavy atom. The Bertz CT molecular complexity index is 884. The minimum atomic E-state index is -0.548. The number of rotatable bonds is 5. The zero-order chi connectivity index (χ0) is 18.8. The van der Waals surface area contributed by atoms with E-state index in [0.29, 0.717) is 23.7 Å². The smallest absolute Gasteiger partial charge is 0.283 e. The molecule has 0 bridgehead atoms. The molecule has 2 amide bonds. The van der Waals surface area contributed by atoms with Gasteiger partial charge < -0.3 is 10.1 Å². The Labute approximate surface area is 157 Å². The lowest BCUT2D eigenvalue weighted by Gasteiger charge is -2.16.